The summed E-state index contributed by atoms with van der Waals surface area (Å²) >= 11 is 0. The van der Waals surface area contributed by atoms with E-state index in [4.69, 9.17) is 0 Å². The van der Waals surface area contributed by atoms with Crippen molar-refractivity contribution < 1.29 is 5.11 Å². The third kappa shape index (κ3) is 3.55. The second-order valence-electron chi connectivity index (χ2n) is 5.07. The molecule has 1 aromatic rings. The van der Waals surface area contributed by atoms with E-state index in [0.717, 1.165) is 31.1 Å². The number of benzene rings is 1. The molecule has 2 heteroatoms. The van der Waals surface area contributed by atoms with Gasteiger partial charge in [-0.1, -0.05) is 36.8 Å². The highest BCUT2D eigenvalue weighted by molar-refractivity contribution is 5.23. The predicted octanol–water partition coefficient (Wildman–Crippen LogP) is 2.90. The maximum atomic E-state index is 10.1. The van der Waals surface area contributed by atoms with Crippen molar-refractivity contribution in [2.75, 3.05) is 13.1 Å². The van der Waals surface area contributed by atoms with Crippen LogP contribution in [0.3, 0.4) is 0 Å². The monoisotopic (exact) mass is 233 g/mol. The van der Waals surface area contributed by atoms with E-state index in [1.807, 2.05) is 12.1 Å². The first kappa shape index (κ1) is 12.6. The van der Waals surface area contributed by atoms with Crippen molar-refractivity contribution in [3.63, 3.8) is 0 Å². The molecule has 2 nitrogen and oxygen atoms in total. The second kappa shape index (κ2) is 5.65. The van der Waals surface area contributed by atoms with Gasteiger partial charge in [0.1, 0.15) is 0 Å². The molecule has 1 N–H and O–H groups in total. The van der Waals surface area contributed by atoms with Crippen molar-refractivity contribution in [3.8, 4) is 0 Å². The Balaban J connectivity index is 1.83. The lowest BCUT2D eigenvalue weighted by atomic mass is 10.0. The summed E-state index contributed by atoms with van der Waals surface area (Å²) in [7, 11) is 0. The molecule has 0 bridgehead atoms. The van der Waals surface area contributed by atoms with Gasteiger partial charge in [-0.05, 0) is 38.3 Å². The van der Waals surface area contributed by atoms with Crippen molar-refractivity contribution in [1.82, 2.24) is 4.90 Å². The van der Waals surface area contributed by atoms with Crippen molar-refractivity contribution in [1.29, 1.82) is 0 Å². The van der Waals surface area contributed by atoms with Gasteiger partial charge in [0, 0.05) is 12.6 Å². The molecule has 0 aromatic heterocycles. The third-order valence-corrected chi connectivity index (χ3v) is 3.62. The summed E-state index contributed by atoms with van der Waals surface area (Å²) in [6.45, 7) is 6.39. The first-order valence-electron chi connectivity index (χ1n) is 6.69. The lowest BCUT2D eigenvalue weighted by Gasteiger charge is -2.21. The summed E-state index contributed by atoms with van der Waals surface area (Å²) in [4.78, 5) is 2.48. The molecule has 1 aliphatic rings. The molecular weight excluding hydrogens is 210 g/mol. The molecule has 1 atom stereocenters. The summed E-state index contributed by atoms with van der Waals surface area (Å²) in [5, 5.41) is 10.1. The first-order chi connectivity index (χ1) is 8.20. The van der Waals surface area contributed by atoms with Gasteiger partial charge in [-0.25, -0.2) is 0 Å². The van der Waals surface area contributed by atoms with Crippen molar-refractivity contribution in [2.45, 2.75) is 45.3 Å². The molecule has 2 rings (SSSR count). The molecule has 1 fully saturated rings. The number of aliphatic hydroxyl groups is 1. The molecular formula is C15H23NO. The summed E-state index contributed by atoms with van der Waals surface area (Å²) in [5.41, 5.74) is 2.29. The van der Waals surface area contributed by atoms with Crippen LogP contribution in [0.4, 0.5) is 0 Å². The van der Waals surface area contributed by atoms with E-state index < -0.39 is 0 Å². The predicted molar refractivity (Wildman–Crippen MR) is 71.0 cm³/mol. The molecule has 0 radical (unpaired) electrons. The molecule has 0 amide bonds. The van der Waals surface area contributed by atoms with Crippen LogP contribution in [0.15, 0.2) is 24.3 Å². The Hall–Kier alpha value is -0.860. The third-order valence-electron chi connectivity index (χ3n) is 3.62. The number of aliphatic hydroxyl groups excluding tert-OH is 1. The van der Waals surface area contributed by atoms with Gasteiger partial charge in [-0.15, -0.1) is 0 Å². The average Bonchev–Trinajstić information content (AvgIpc) is 3.15. The molecule has 17 heavy (non-hydrogen) atoms. The lowest BCUT2D eigenvalue weighted by Crippen LogP contribution is -2.27. The van der Waals surface area contributed by atoms with Gasteiger partial charge in [-0.2, -0.15) is 0 Å². The molecule has 0 spiro atoms. The molecule has 1 aromatic carbocycles. The Morgan fingerprint density at radius 2 is 1.94 bits per heavy atom. The van der Waals surface area contributed by atoms with Crippen LogP contribution in [-0.2, 0) is 0 Å². The van der Waals surface area contributed by atoms with Crippen LogP contribution in [-0.4, -0.2) is 29.1 Å². The van der Waals surface area contributed by atoms with Gasteiger partial charge < -0.3 is 10.0 Å². The lowest BCUT2D eigenvalue weighted by molar-refractivity contribution is 0.141. The summed E-state index contributed by atoms with van der Waals surface area (Å²) in [6, 6.07) is 9.00. The van der Waals surface area contributed by atoms with Gasteiger partial charge in [-0.3, -0.25) is 0 Å². The minimum Gasteiger partial charge on any atom is -0.388 e. The first-order valence-corrected chi connectivity index (χ1v) is 6.69. The van der Waals surface area contributed by atoms with Gasteiger partial charge in [0.2, 0.25) is 0 Å². The zero-order chi connectivity index (χ0) is 12.3. The van der Waals surface area contributed by atoms with Crippen LogP contribution in [0.1, 0.15) is 43.4 Å². The standard InChI is InChI=1S/C15H23NO/c1-3-16(14-8-9-14)11-10-15(17)13-6-4-12(2)5-7-13/h4-7,14-15,17H,3,8-11H2,1-2H3. The zero-order valence-electron chi connectivity index (χ0n) is 10.9. The number of rotatable bonds is 6. The fourth-order valence-corrected chi connectivity index (χ4v) is 2.28. The highest BCUT2D eigenvalue weighted by atomic mass is 16.3. The quantitative estimate of drug-likeness (QED) is 0.816. The highest BCUT2D eigenvalue weighted by Gasteiger charge is 2.27. The largest absolute Gasteiger partial charge is 0.388 e. The highest BCUT2D eigenvalue weighted by Crippen LogP contribution is 2.27. The minimum atomic E-state index is -0.316. The van der Waals surface area contributed by atoms with Crippen LogP contribution in [0.2, 0.25) is 0 Å². The topological polar surface area (TPSA) is 23.5 Å². The number of hydrogen-bond acceptors (Lipinski definition) is 2. The normalized spacial score (nSPS) is 17.4. The van der Waals surface area contributed by atoms with Crippen LogP contribution in [0.25, 0.3) is 0 Å². The molecule has 0 saturated heterocycles. The maximum absolute atomic E-state index is 10.1. The summed E-state index contributed by atoms with van der Waals surface area (Å²) in [6.07, 6.45) is 3.21. The Bertz CT molecular complexity index is 342. The molecule has 94 valence electrons. The van der Waals surface area contributed by atoms with Crippen LogP contribution in [0.5, 0.6) is 0 Å². The summed E-state index contributed by atoms with van der Waals surface area (Å²) < 4.78 is 0. The Morgan fingerprint density at radius 1 is 1.29 bits per heavy atom. The number of nitrogens with zero attached hydrogens (tertiary/aromatic N) is 1. The number of hydrogen-bond donors (Lipinski definition) is 1. The van der Waals surface area contributed by atoms with Gasteiger partial charge in [0.05, 0.1) is 6.10 Å². The smallest absolute Gasteiger partial charge is 0.0802 e. The number of aryl methyl sites for hydroxylation is 1. The Kier molecular flexibility index (Phi) is 4.19. The molecule has 1 unspecified atom stereocenters. The average molecular weight is 233 g/mol. The van der Waals surface area contributed by atoms with Crippen LogP contribution in [0, 0.1) is 6.92 Å². The van der Waals surface area contributed by atoms with Crippen molar-refractivity contribution in [2.24, 2.45) is 0 Å². The zero-order valence-corrected chi connectivity index (χ0v) is 10.9. The van der Waals surface area contributed by atoms with Gasteiger partial charge in [0.15, 0.2) is 0 Å². The van der Waals surface area contributed by atoms with Crippen LogP contribution < -0.4 is 0 Å². The van der Waals surface area contributed by atoms with Crippen molar-refractivity contribution in [3.05, 3.63) is 35.4 Å². The Morgan fingerprint density at radius 3 is 2.47 bits per heavy atom. The fraction of sp³-hybridized carbons (Fsp3) is 0.600. The fourth-order valence-electron chi connectivity index (χ4n) is 2.28. The minimum absolute atomic E-state index is 0.316. The van der Waals surface area contributed by atoms with E-state index in [2.05, 4.69) is 30.9 Å². The maximum Gasteiger partial charge on any atom is 0.0802 e. The molecule has 0 heterocycles. The van der Waals surface area contributed by atoms with E-state index >= 15 is 0 Å². The molecule has 0 aliphatic heterocycles. The molecule has 1 aliphatic carbocycles. The molecule has 1 saturated carbocycles. The van der Waals surface area contributed by atoms with E-state index in [0.29, 0.717) is 0 Å². The van der Waals surface area contributed by atoms with E-state index in [-0.39, 0.29) is 6.10 Å². The van der Waals surface area contributed by atoms with Crippen molar-refractivity contribution >= 4 is 0 Å². The van der Waals surface area contributed by atoms with Gasteiger partial charge >= 0.3 is 0 Å². The van der Waals surface area contributed by atoms with Crippen LogP contribution >= 0.6 is 0 Å². The van der Waals surface area contributed by atoms with E-state index in [1.54, 1.807) is 0 Å². The second-order valence-corrected chi connectivity index (χ2v) is 5.07. The van der Waals surface area contributed by atoms with Gasteiger partial charge in [0.25, 0.3) is 0 Å². The van der Waals surface area contributed by atoms with E-state index in [9.17, 15) is 5.11 Å². The van der Waals surface area contributed by atoms with E-state index in [1.165, 1.54) is 18.4 Å². The SMILES string of the molecule is CCN(CCC(O)c1ccc(C)cc1)C1CC1. The Labute approximate surface area is 104 Å². The summed E-state index contributed by atoms with van der Waals surface area (Å²) in [5.74, 6) is 0.